The number of likely N-dealkylation sites (tertiary alicyclic amines) is 1. The maximum atomic E-state index is 6.20. The van der Waals surface area contributed by atoms with E-state index in [9.17, 15) is 0 Å². The van der Waals surface area contributed by atoms with Gasteiger partial charge >= 0.3 is 0 Å². The summed E-state index contributed by atoms with van der Waals surface area (Å²) in [6, 6.07) is 7.85. The third kappa shape index (κ3) is 2.70. The van der Waals surface area contributed by atoms with E-state index in [1.54, 1.807) is 0 Å². The normalized spacial score (nSPS) is 25.9. The topological polar surface area (TPSA) is 29.3 Å². The van der Waals surface area contributed by atoms with Gasteiger partial charge in [0, 0.05) is 12.1 Å². The van der Waals surface area contributed by atoms with Crippen LogP contribution in [0, 0.1) is 0 Å². The Labute approximate surface area is 117 Å². The third-order valence-corrected chi connectivity index (χ3v) is 4.95. The lowest BCUT2D eigenvalue weighted by Crippen LogP contribution is -2.32. The summed E-state index contributed by atoms with van der Waals surface area (Å²) in [6.45, 7) is 4.88. The molecule has 2 nitrogen and oxygen atoms in total. The van der Waals surface area contributed by atoms with Crippen molar-refractivity contribution < 1.29 is 0 Å². The molecule has 0 saturated carbocycles. The summed E-state index contributed by atoms with van der Waals surface area (Å²) in [4.78, 5) is 2.63. The van der Waals surface area contributed by atoms with Crippen molar-refractivity contribution in [3.05, 3.63) is 34.9 Å². The first-order valence-corrected chi connectivity index (χ1v) is 7.88. The van der Waals surface area contributed by atoms with E-state index < -0.39 is 0 Å². The number of nitrogens with zero attached hydrogens (tertiary/aromatic N) is 1. The molecule has 104 valence electrons. The molecule has 0 amide bonds. The number of rotatable bonds is 2. The number of benzene rings is 1. The van der Waals surface area contributed by atoms with Crippen LogP contribution >= 0.6 is 0 Å². The number of fused-ring (bicyclic) bond motifs is 1. The molecular weight excluding hydrogens is 232 g/mol. The molecule has 1 saturated heterocycles. The van der Waals surface area contributed by atoms with E-state index in [0.29, 0.717) is 6.04 Å². The lowest BCUT2D eigenvalue weighted by molar-refractivity contribution is 0.175. The first kappa shape index (κ1) is 13.1. The molecule has 2 N–H and O–H groups in total. The fourth-order valence-corrected chi connectivity index (χ4v) is 3.65. The van der Waals surface area contributed by atoms with E-state index in [4.69, 9.17) is 5.73 Å². The van der Waals surface area contributed by atoms with Crippen LogP contribution in [0.1, 0.15) is 67.8 Å². The Balaban J connectivity index is 1.81. The highest BCUT2D eigenvalue weighted by Crippen LogP contribution is 2.32. The molecule has 2 heteroatoms. The molecule has 19 heavy (non-hydrogen) atoms. The molecule has 0 radical (unpaired) electrons. The highest BCUT2D eigenvalue weighted by atomic mass is 15.2. The van der Waals surface area contributed by atoms with Crippen LogP contribution in [0.15, 0.2) is 18.2 Å². The van der Waals surface area contributed by atoms with Crippen LogP contribution in [0.4, 0.5) is 0 Å². The molecule has 1 aliphatic carbocycles. The largest absolute Gasteiger partial charge is 0.324 e. The Kier molecular flexibility index (Phi) is 3.90. The number of piperidine rings is 1. The van der Waals surface area contributed by atoms with Crippen LogP contribution < -0.4 is 5.73 Å². The zero-order chi connectivity index (χ0) is 13.2. The summed E-state index contributed by atoms with van der Waals surface area (Å²) in [7, 11) is 0. The van der Waals surface area contributed by atoms with Crippen LogP contribution in [0.5, 0.6) is 0 Å². The summed E-state index contributed by atoms with van der Waals surface area (Å²) in [5.41, 5.74) is 10.6. The average Bonchev–Trinajstić information content (AvgIpc) is 2.47. The van der Waals surface area contributed by atoms with E-state index in [1.165, 1.54) is 61.9 Å². The van der Waals surface area contributed by atoms with Gasteiger partial charge < -0.3 is 5.73 Å². The number of nitrogens with two attached hydrogens (primary N) is 1. The second kappa shape index (κ2) is 5.64. The van der Waals surface area contributed by atoms with Gasteiger partial charge in [0.2, 0.25) is 0 Å². The van der Waals surface area contributed by atoms with Crippen LogP contribution in [-0.2, 0) is 6.42 Å². The van der Waals surface area contributed by atoms with Gasteiger partial charge in [-0.25, -0.2) is 0 Å². The minimum absolute atomic E-state index is 0.267. The predicted octanol–water partition coefficient (Wildman–Crippen LogP) is 3.57. The monoisotopic (exact) mass is 258 g/mol. The predicted molar refractivity (Wildman–Crippen MR) is 80.1 cm³/mol. The van der Waals surface area contributed by atoms with Gasteiger partial charge in [-0.05, 0) is 68.8 Å². The van der Waals surface area contributed by atoms with Gasteiger partial charge in [-0.1, -0.05) is 24.6 Å². The molecule has 0 aromatic heterocycles. The van der Waals surface area contributed by atoms with Crippen molar-refractivity contribution in [2.75, 3.05) is 13.1 Å². The van der Waals surface area contributed by atoms with Crippen molar-refractivity contribution in [3.8, 4) is 0 Å². The van der Waals surface area contributed by atoms with E-state index in [0.717, 1.165) is 6.42 Å². The quantitative estimate of drug-likeness (QED) is 0.878. The molecular formula is C17H26N2. The number of hydrogen-bond acceptors (Lipinski definition) is 2. The molecule has 1 aromatic rings. The Hall–Kier alpha value is -0.860. The van der Waals surface area contributed by atoms with Crippen LogP contribution in [0.25, 0.3) is 0 Å². The van der Waals surface area contributed by atoms with Crippen molar-refractivity contribution >= 4 is 0 Å². The Morgan fingerprint density at radius 3 is 2.74 bits per heavy atom. The second-order valence-electron chi connectivity index (χ2n) is 6.23. The summed E-state index contributed by atoms with van der Waals surface area (Å²) < 4.78 is 0. The maximum Gasteiger partial charge on any atom is 0.0319 e. The molecule has 3 rings (SSSR count). The Morgan fingerprint density at radius 2 is 1.95 bits per heavy atom. The standard InChI is InChI=1S/C17H26N2/c1-13(19-10-3-2-4-11-19)14-8-9-16-15(12-14)6-5-7-17(16)18/h8-9,12-13,17H,2-7,10-11,18H2,1H3. The van der Waals surface area contributed by atoms with Gasteiger partial charge in [-0.15, -0.1) is 0 Å². The van der Waals surface area contributed by atoms with Gasteiger partial charge in [-0.3, -0.25) is 4.90 Å². The summed E-state index contributed by atoms with van der Waals surface area (Å²) >= 11 is 0. The number of hydrogen-bond donors (Lipinski definition) is 1. The Bertz CT molecular complexity index is 435. The van der Waals surface area contributed by atoms with Gasteiger partial charge in [0.1, 0.15) is 0 Å². The Morgan fingerprint density at radius 1 is 1.16 bits per heavy atom. The van der Waals surface area contributed by atoms with E-state index in [-0.39, 0.29) is 6.04 Å². The van der Waals surface area contributed by atoms with Crippen LogP contribution in [0.3, 0.4) is 0 Å². The van der Waals surface area contributed by atoms with Crippen molar-refractivity contribution in [2.45, 2.75) is 57.5 Å². The molecule has 2 atom stereocenters. The fourth-order valence-electron chi connectivity index (χ4n) is 3.65. The molecule has 1 fully saturated rings. The van der Waals surface area contributed by atoms with Crippen LogP contribution in [0.2, 0.25) is 0 Å². The lowest BCUT2D eigenvalue weighted by atomic mass is 9.86. The van der Waals surface area contributed by atoms with Crippen LogP contribution in [-0.4, -0.2) is 18.0 Å². The van der Waals surface area contributed by atoms with Crippen molar-refractivity contribution in [1.82, 2.24) is 4.90 Å². The lowest BCUT2D eigenvalue weighted by Gasteiger charge is -2.33. The second-order valence-corrected chi connectivity index (χ2v) is 6.23. The summed E-state index contributed by atoms with van der Waals surface area (Å²) in [5.74, 6) is 0. The molecule has 0 spiro atoms. The number of aryl methyl sites for hydroxylation is 1. The first-order chi connectivity index (χ1) is 9.25. The van der Waals surface area contributed by atoms with Crippen molar-refractivity contribution in [2.24, 2.45) is 5.73 Å². The molecule has 2 unspecified atom stereocenters. The third-order valence-electron chi connectivity index (χ3n) is 4.95. The minimum Gasteiger partial charge on any atom is -0.324 e. The highest BCUT2D eigenvalue weighted by Gasteiger charge is 2.21. The first-order valence-electron chi connectivity index (χ1n) is 7.88. The minimum atomic E-state index is 0.267. The molecule has 0 bridgehead atoms. The van der Waals surface area contributed by atoms with Gasteiger partial charge in [0.25, 0.3) is 0 Å². The van der Waals surface area contributed by atoms with E-state index in [1.807, 2.05) is 0 Å². The molecule has 1 aromatic carbocycles. The fraction of sp³-hybridized carbons (Fsp3) is 0.647. The van der Waals surface area contributed by atoms with Gasteiger partial charge in [-0.2, -0.15) is 0 Å². The molecule has 2 aliphatic rings. The molecule has 1 heterocycles. The SMILES string of the molecule is CC(c1ccc2c(c1)CCCC2N)N1CCCCC1. The smallest absolute Gasteiger partial charge is 0.0319 e. The van der Waals surface area contributed by atoms with Crippen molar-refractivity contribution in [1.29, 1.82) is 0 Å². The van der Waals surface area contributed by atoms with Crippen molar-refractivity contribution in [3.63, 3.8) is 0 Å². The summed E-state index contributed by atoms with van der Waals surface area (Å²) in [5, 5.41) is 0. The average molecular weight is 258 g/mol. The molecule has 1 aliphatic heterocycles. The van der Waals surface area contributed by atoms with Gasteiger partial charge in [0.15, 0.2) is 0 Å². The summed E-state index contributed by atoms with van der Waals surface area (Å²) in [6.07, 6.45) is 7.73. The van der Waals surface area contributed by atoms with Gasteiger partial charge in [0.05, 0.1) is 0 Å². The maximum absolute atomic E-state index is 6.20. The zero-order valence-electron chi connectivity index (χ0n) is 12.1. The van der Waals surface area contributed by atoms with E-state index >= 15 is 0 Å². The highest BCUT2D eigenvalue weighted by molar-refractivity contribution is 5.37. The van der Waals surface area contributed by atoms with E-state index in [2.05, 4.69) is 30.0 Å². The zero-order valence-corrected chi connectivity index (χ0v) is 12.1.